The highest BCUT2D eigenvalue weighted by Gasteiger charge is 2.38. The van der Waals surface area contributed by atoms with Crippen LogP contribution in [0.25, 0.3) is 0 Å². The van der Waals surface area contributed by atoms with Crippen LogP contribution in [0, 0.1) is 0 Å². The van der Waals surface area contributed by atoms with Gasteiger partial charge in [-0.25, -0.2) is 5.43 Å². The molecule has 1 aromatic heterocycles. The van der Waals surface area contributed by atoms with E-state index < -0.39 is 5.54 Å². The maximum atomic E-state index is 12.5. The maximum Gasteiger partial charge on any atom is 0.249 e. The Kier molecular flexibility index (Phi) is 3.78. The molecule has 1 aliphatic rings. The topological polar surface area (TPSA) is 70.4 Å². The first-order valence-electron chi connectivity index (χ1n) is 5.70. The molecule has 6 heteroatoms. The zero-order valence-corrected chi connectivity index (χ0v) is 10.7. The number of carbonyl (C=O) groups excluding carboxylic acids is 1. The molecular weight excluding hydrogens is 236 g/mol. The Balaban J connectivity index is 2.19. The minimum atomic E-state index is -0.814. The highest BCUT2D eigenvalue weighted by molar-refractivity contribution is 7.10. The number of carbonyl (C=O) groups is 1. The molecule has 1 aliphatic heterocycles. The van der Waals surface area contributed by atoms with Gasteiger partial charge in [-0.2, -0.15) is 0 Å². The van der Waals surface area contributed by atoms with Crippen LogP contribution in [0.3, 0.4) is 0 Å². The molecular formula is C11H18N4OS. The number of nitrogens with two attached hydrogens (primary N) is 1. The quantitative estimate of drug-likeness (QED) is 0.518. The summed E-state index contributed by atoms with van der Waals surface area (Å²) in [5.74, 6) is 5.64. The molecule has 0 bridgehead atoms. The Bertz CT molecular complexity index is 375. The van der Waals surface area contributed by atoms with Crippen molar-refractivity contribution in [3.8, 4) is 0 Å². The van der Waals surface area contributed by atoms with Crippen LogP contribution in [0.1, 0.15) is 11.8 Å². The molecule has 2 heterocycles. The lowest BCUT2D eigenvalue weighted by Gasteiger charge is -2.35. The largest absolute Gasteiger partial charge is 0.338 e. The number of thiophene rings is 1. The van der Waals surface area contributed by atoms with Gasteiger partial charge in [0.1, 0.15) is 5.54 Å². The summed E-state index contributed by atoms with van der Waals surface area (Å²) in [5.41, 5.74) is 1.86. The van der Waals surface area contributed by atoms with E-state index in [1.54, 1.807) is 11.3 Å². The van der Waals surface area contributed by atoms with Gasteiger partial charge in [-0.05, 0) is 18.4 Å². The van der Waals surface area contributed by atoms with E-state index in [-0.39, 0.29) is 5.91 Å². The Morgan fingerprint density at radius 3 is 2.82 bits per heavy atom. The van der Waals surface area contributed by atoms with Gasteiger partial charge in [0.15, 0.2) is 0 Å². The fourth-order valence-electron chi connectivity index (χ4n) is 1.99. The van der Waals surface area contributed by atoms with Crippen molar-refractivity contribution in [1.82, 2.24) is 15.6 Å². The lowest BCUT2D eigenvalue weighted by Crippen LogP contribution is -2.59. The SMILES string of the molecule is CC(NN)(C(=O)N1CCNCC1)c1cccs1. The molecule has 1 aromatic rings. The second-order valence-corrected chi connectivity index (χ2v) is 5.24. The fourth-order valence-corrected chi connectivity index (χ4v) is 2.83. The number of nitrogens with one attached hydrogen (secondary N) is 2. The Morgan fingerprint density at radius 2 is 2.29 bits per heavy atom. The summed E-state index contributed by atoms with van der Waals surface area (Å²) in [6.07, 6.45) is 0. The third kappa shape index (κ3) is 2.35. The highest BCUT2D eigenvalue weighted by Crippen LogP contribution is 2.26. The van der Waals surface area contributed by atoms with Crippen LogP contribution in [-0.4, -0.2) is 37.0 Å². The van der Waals surface area contributed by atoms with Gasteiger partial charge in [-0.3, -0.25) is 10.6 Å². The molecule has 4 N–H and O–H groups in total. The third-order valence-electron chi connectivity index (χ3n) is 3.13. The van der Waals surface area contributed by atoms with Crippen LogP contribution in [-0.2, 0) is 10.3 Å². The number of hydrogen-bond donors (Lipinski definition) is 3. The van der Waals surface area contributed by atoms with E-state index in [1.807, 2.05) is 29.3 Å². The smallest absolute Gasteiger partial charge is 0.249 e. The standard InChI is InChI=1S/C11H18N4OS/c1-11(14-12,9-3-2-8-17-9)10(16)15-6-4-13-5-7-15/h2-3,8,13-14H,4-7,12H2,1H3. The summed E-state index contributed by atoms with van der Waals surface area (Å²) in [7, 11) is 0. The van der Waals surface area contributed by atoms with Crippen molar-refractivity contribution < 1.29 is 4.79 Å². The second kappa shape index (κ2) is 5.14. The first-order chi connectivity index (χ1) is 8.18. The van der Waals surface area contributed by atoms with E-state index in [9.17, 15) is 4.79 Å². The molecule has 2 rings (SSSR count). The summed E-state index contributed by atoms with van der Waals surface area (Å²) in [5, 5.41) is 5.19. The summed E-state index contributed by atoms with van der Waals surface area (Å²) in [6.45, 7) is 5.00. The molecule has 1 atom stereocenters. The lowest BCUT2D eigenvalue weighted by atomic mass is 9.98. The van der Waals surface area contributed by atoms with Crippen molar-refractivity contribution in [2.45, 2.75) is 12.5 Å². The lowest BCUT2D eigenvalue weighted by molar-refractivity contribution is -0.138. The number of amides is 1. The van der Waals surface area contributed by atoms with E-state index in [1.165, 1.54) is 0 Å². The Morgan fingerprint density at radius 1 is 1.59 bits per heavy atom. The maximum absolute atomic E-state index is 12.5. The number of rotatable bonds is 3. The Hall–Kier alpha value is -0.950. The predicted octanol–water partition coefficient (Wildman–Crippen LogP) is -0.142. The van der Waals surface area contributed by atoms with Crippen LogP contribution >= 0.6 is 11.3 Å². The fraction of sp³-hybridized carbons (Fsp3) is 0.545. The van der Waals surface area contributed by atoms with Crippen LogP contribution in [0.5, 0.6) is 0 Å². The van der Waals surface area contributed by atoms with Crippen molar-refractivity contribution in [3.05, 3.63) is 22.4 Å². The van der Waals surface area contributed by atoms with E-state index in [0.717, 1.165) is 31.1 Å². The second-order valence-electron chi connectivity index (χ2n) is 4.29. The van der Waals surface area contributed by atoms with E-state index >= 15 is 0 Å². The zero-order valence-electron chi connectivity index (χ0n) is 9.90. The molecule has 1 amide bonds. The average molecular weight is 254 g/mol. The highest BCUT2D eigenvalue weighted by atomic mass is 32.1. The van der Waals surface area contributed by atoms with Gasteiger partial charge >= 0.3 is 0 Å². The summed E-state index contributed by atoms with van der Waals surface area (Å²) in [4.78, 5) is 15.3. The molecule has 0 aliphatic carbocycles. The van der Waals surface area contributed by atoms with Crippen molar-refractivity contribution in [2.75, 3.05) is 26.2 Å². The first kappa shape index (κ1) is 12.5. The van der Waals surface area contributed by atoms with Gasteiger partial charge in [0.25, 0.3) is 0 Å². The van der Waals surface area contributed by atoms with Gasteiger partial charge in [0.2, 0.25) is 5.91 Å². The predicted molar refractivity (Wildman–Crippen MR) is 68.4 cm³/mol. The number of piperazine rings is 1. The van der Waals surface area contributed by atoms with Crippen LogP contribution in [0.2, 0.25) is 0 Å². The zero-order chi connectivity index (χ0) is 12.3. The monoisotopic (exact) mass is 254 g/mol. The summed E-state index contributed by atoms with van der Waals surface area (Å²) < 4.78 is 0. The molecule has 17 heavy (non-hydrogen) atoms. The molecule has 5 nitrogen and oxygen atoms in total. The molecule has 1 unspecified atom stereocenters. The number of hydrazine groups is 1. The van der Waals surface area contributed by atoms with E-state index in [2.05, 4.69) is 10.7 Å². The Labute approximate surface area is 105 Å². The molecule has 1 fully saturated rings. The van der Waals surface area contributed by atoms with Crippen molar-refractivity contribution in [1.29, 1.82) is 0 Å². The van der Waals surface area contributed by atoms with Gasteiger partial charge < -0.3 is 10.2 Å². The van der Waals surface area contributed by atoms with Gasteiger partial charge in [-0.1, -0.05) is 6.07 Å². The molecule has 0 aromatic carbocycles. The molecule has 0 radical (unpaired) electrons. The molecule has 0 spiro atoms. The van der Waals surface area contributed by atoms with Gasteiger partial charge in [-0.15, -0.1) is 11.3 Å². The van der Waals surface area contributed by atoms with Crippen LogP contribution in [0.15, 0.2) is 17.5 Å². The van der Waals surface area contributed by atoms with Crippen LogP contribution < -0.4 is 16.6 Å². The molecule has 1 saturated heterocycles. The first-order valence-corrected chi connectivity index (χ1v) is 6.58. The number of nitrogens with zero attached hydrogens (tertiary/aromatic N) is 1. The minimum Gasteiger partial charge on any atom is -0.338 e. The van der Waals surface area contributed by atoms with Crippen molar-refractivity contribution in [2.24, 2.45) is 5.84 Å². The van der Waals surface area contributed by atoms with Gasteiger partial charge in [0.05, 0.1) is 0 Å². The number of hydrogen-bond acceptors (Lipinski definition) is 5. The van der Waals surface area contributed by atoms with Gasteiger partial charge in [0, 0.05) is 31.1 Å². The third-order valence-corrected chi connectivity index (χ3v) is 4.23. The minimum absolute atomic E-state index is 0.0453. The summed E-state index contributed by atoms with van der Waals surface area (Å²) in [6, 6.07) is 3.87. The van der Waals surface area contributed by atoms with E-state index in [0.29, 0.717) is 0 Å². The van der Waals surface area contributed by atoms with E-state index in [4.69, 9.17) is 5.84 Å². The van der Waals surface area contributed by atoms with Crippen LogP contribution in [0.4, 0.5) is 0 Å². The molecule has 94 valence electrons. The normalized spacial score (nSPS) is 20.0. The summed E-state index contributed by atoms with van der Waals surface area (Å²) >= 11 is 1.54. The van der Waals surface area contributed by atoms with Crippen molar-refractivity contribution >= 4 is 17.2 Å². The van der Waals surface area contributed by atoms with Crippen molar-refractivity contribution in [3.63, 3.8) is 0 Å². The average Bonchev–Trinajstić information content (AvgIpc) is 2.92. The molecule has 0 saturated carbocycles.